The molecule has 0 spiro atoms. The number of ether oxygens (including phenoxy) is 2. The summed E-state index contributed by atoms with van der Waals surface area (Å²) in [6, 6.07) is 2.35. The summed E-state index contributed by atoms with van der Waals surface area (Å²) in [6.45, 7) is -0.936. The van der Waals surface area contributed by atoms with Crippen molar-refractivity contribution in [3.63, 3.8) is 0 Å². The Bertz CT molecular complexity index is 474. The number of benzene rings is 1. The zero-order valence-corrected chi connectivity index (χ0v) is 9.58. The first kappa shape index (κ1) is 13.7. The highest BCUT2D eigenvalue weighted by molar-refractivity contribution is 5.75. The molecular weight excluding hydrogens is 244 g/mol. The van der Waals surface area contributed by atoms with Crippen molar-refractivity contribution in [1.29, 1.82) is 0 Å². The Morgan fingerprint density at radius 1 is 1.50 bits per heavy atom. The average Bonchev–Trinajstić information content (AvgIpc) is 2.34. The highest BCUT2D eigenvalue weighted by Gasteiger charge is 2.19. The first-order valence-corrected chi connectivity index (χ1v) is 4.86. The Labute approximate surface area is 102 Å². The maximum Gasteiger partial charge on any atom is 0.278 e. The summed E-state index contributed by atoms with van der Waals surface area (Å²) < 4.78 is 9.94. The molecule has 1 rings (SSSR count). The number of hydrogen-bond acceptors (Lipinski definition) is 6. The van der Waals surface area contributed by atoms with Crippen LogP contribution in [0.15, 0.2) is 12.1 Å². The molecule has 3 N–H and O–H groups in total. The van der Waals surface area contributed by atoms with Crippen LogP contribution in [0.25, 0.3) is 0 Å². The monoisotopic (exact) mass is 256 g/mol. The maximum atomic E-state index is 10.8. The van der Waals surface area contributed by atoms with Crippen molar-refractivity contribution < 1.29 is 24.3 Å². The van der Waals surface area contributed by atoms with Crippen molar-refractivity contribution in [2.45, 2.75) is 6.61 Å². The van der Waals surface area contributed by atoms with E-state index >= 15 is 0 Å². The molecule has 0 radical (unpaired) electrons. The number of amides is 1. The standard InChI is InChI=1S/C10H12N2O6/c1-17-8-2-6(4-13)7(12(15)16)3-9(8)18-5-10(11)14/h2-3,13H,4-5H2,1H3,(H2,11,14). The lowest BCUT2D eigenvalue weighted by molar-refractivity contribution is -0.385. The number of nitrogens with zero attached hydrogens (tertiary/aromatic N) is 1. The SMILES string of the molecule is COc1cc(CO)c([N+](=O)[O-])cc1OCC(N)=O. The summed E-state index contributed by atoms with van der Waals surface area (Å²) in [5.41, 5.74) is 4.67. The molecule has 0 heterocycles. The molecule has 1 aromatic rings. The number of methoxy groups -OCH3 is 1. The fourth-order valence-corrected chi connectivity index (χ4v) is 1.31. The van der Waals surface area contributed by atoms with Crippen LogP contribution in [0.3, 0.4) is 0 Å². The second-order valence-electron chi connectivity index (χ2n) is 3.30. The van der Waals surface area contributed by atoms with Gasteiger partial charge in [0.2, 0.25) is 0 Å². The summed E-state index contributed by atoms with van der Waals surface area (Å²) in [5, 5.41) is 19.8. The van der Waals surface area contributed by atoms with E-state index < -0.39 is 24.0 Å². The minimum Gasteiger partial charge on any atom is -0.493 e. The predicted octanol–water partition coefficient (Wildman–Crippen LogP) is -0.0402. The second kappa shape index (κ2) is 5.82. The molecule has 0 saturated heterocycles. The zero-order chi connectivity index (χ0) is 13.7. The van der Waals surface area contributed by atoms with Crippen LogP contribution < -0.4 is 15.2 Å². The Balaban J connectivity index is 3.18. The van der Waals surface area contributed by atoms with Gasteiger partial charge in [-0.25, -0.2) is 0 Å². The van der Waals surface area contributed by atoms with Gasteiger partial charge in [0.05, 0.1) is 30.3 Å². The molecule has 18 heavy (non-hydrogen) atoms. The summed E-state index contributed by atoms with van der Waals surface area (Å²) >= 11 is 0. The van der Waals surface area contributed by atoms with Gasteiger partial charge in [-0.1, -0.05) is 0 Å². The van der Waals surface area contributed by atoms with Crippen molar-refractivity contribution in [2.24, 2.45) is 5.73 Å². The molecule has 0 aliphatic carbocycles. The molecule has 98 valence electrons. The van der Waals surface area contributed by atoms with Gasteiger partial charge in [0.15, 0.2) is 18.1 Å². The number of aliphatic hydroxyl groups is 1. The Kier molecular flexibility index (Phi) is 4.44. The van der Waals surface area contributed by atoms with E-state index in [9.17, 15) is 14.9 Å². The van der Waals surface area contributed by atoms with Crippen LogP contribution in [0.5, 0.6) is 11.5 Å². The average molecular weight is 256 g/mol. The van der Waals surface area contributed by atoms with Gasteiger partial charge in [-0.05, 0) is 6.07 Å². The van der Waals surface area contributed by atoms with Crippen molar-refractivity contribution in [3.8, 4) is 11.5 Å². The van der Waals surface area contributed by atoms with E-state index in [4.69, 9.17) is 20.3 Å². The van der Waals surface area contributed by atoms with E-state index in [-0.39, 0.29) is 22.7 Å². The van der Waals surface area contributed by atoms with Crippen molar-refractivity contribution in [3.05, 3.63) is 27.8 Å². The predicted molar refractivity (Wildman–Crippen MR) is 60.3 cm³/mol. The smallest absolute Gasteiger partial charge is 0.278 e. The van der Waals surface area contributed by atoms with Gasteiger partial charge in [-0.2, -0.15) is 0 Å². The normalized spacial score (nSPS) is 9.89. The zero-order valence-electron chi connectivity index (χ0n) is 9.58. The van der Waals surface area contributed by atoms with Crippen LogP contribution in [-0.4, -0.2) is 29.7 Å². The largest absolute Gasteiger partial charge is 0.493 e. The number of hydrogen-bond donors (Lipinski definition) is 2. The molecular formula is C10H12N2O6. The molecule has 8 heteroatoms. The third kappa shape index (κ3) is 3.08. The van der Waals surface area contributed by atoms with Gasteiger partial charge in [0, 0.05) is 0 Å². The third-order valence-corrected chi connectivity index (χ3v) is 2.10. The molecule has 0 aliphatic rings. The van der Waals surface area contributed by atoms with E-state index in [0.717, 1.165) is 6.07 Å². The van der Waals surface area contributed by atoms with E-state index in [1.165, 1.54) is 13.2 Å². The van der Waals surface area contributed by atoms with Gasteiger partial charge in [-0.3, -0.25) is 14.9 Å². The number of nitro groups is 1. The summed E-state index contributed by atoms with van der Waals surface area (Å²) in [7, 11) is 1.33. The van der Waals surface area contributed by atoms with Gasteiger partial charge < -0.3 is 20.3 Å². The van der Waals surface area contributed by atoms with E-state index in [0.29, 0.717) is 0 Å². The third-order valence-electron chi connectivity index (χ3n) is 2.10. The van der Waals surface area contributed by atoms with Crippen molar-refractivity contribution in [2.75, 3.05) is 13.7 Å². The number of aliphatic hydroxyl groups excluding tert-OH is 1. The molecule has 0 unspecified atom stereocenters. The van der Waals surface area contributed by atoms with Gasteiger partial charge >= 0.3 is 0 Å². The Morgan fingerprint density at radius 2 is 2.17 bits per heavy atom. The molecule has 0 atom stereocenters. The molecule has 0 aromatic heterocycles. The van der Waals surface area contributed by atoms with Gasteiger partial charge in [-0.15, -0.1) is 0 Å². The van der Waals surface area contributed by atoms with E-state index in [1.54, 1.807) is 0 Å². The van der Waals surface area contributed by atoms with Gasteiger partial charge in [0.1, 0.15) is 0 Å². The quantitative estimate of drug-likeness (QED) is 0.543. The topological polar surface area (TPSA) is 125 Å². The van der Waals surface area contributed by atoms with Gasteiger partial charge in [0.25, 0.3) is 11.6 Å². The van der Waals surface area contributed by atoms with E-state index in [1.807, 2.05) is 0 Å². The Morgan fingerprint density at radius 3 is 2.61 bits per heavy atom. The van der Waals surface area contributed by atoms with Crippen molar-refractivity contribution >= 4 is 11.6 Å². The lowest BCUT2D eigenvalue weighted by Gasteiger charge is -2.10. The summed E-state index contributed by atoms with van der Waals surface area (Å²) in [4.78, 5) is 20.7. The molecule has 0 fully saturated rings. The van der Waals surface area contributed by atoms with Crippen LogP contribution in [0, 0.1) is 10.1 Å². The summed E-state index contributed by atoms with van der Waals surface area (Å²) in [6.07, 6.45) is 0. The highest BCUT2D eigenvalue weighted by atomic mass is 16.6. The molecule has 0 bridgehead atoms. The molecule has 8 nitrogen and oxygen atoms in total. The second-order valence-corrected chi connectivity index (χ2v) is 3.30. The molecule has 1 aromatic carbocycles. The van der Waals surface area contributed by atoms with Crippen LogP contribution in [0.2, 0.25) is 0 Å². The number of carbonyl (C=O) groups excluding carboxylic acids is 1. The Hall–Kier alpha value is -2.35. The number of nitrogens with two attached hydrogens (primary N) is 1. The summed E-state index contributed by atoms with van der Waals surface area (Å²) in [5.74, 6) is -0.531. The van der Waals surface area contributed by atoms with Crippen LogP contribution >= 0.6 is 0 Å². The fourth-order valence-electron chi connectivity index (χ4n) is 1.31. The van der Waals surface area contributed by atoms with Crippen molar-refractivity contribution in [1.82, 2.24) is 0 Å². The minimum atomic E-state index is -0.717. The van der Waals surface area contributed by atoms with E-state index in [2.05, 4.69) is 0 Å². The lowest BCUT2D eigenvalue weighted by Crippen LogP contribution is -2.20. The fraction of sp³-hybridized carbons (Fsp3) is 0.300. The first-order chi connectivity index (χ1) is 8.49. The first-order valence-electron chi connectivity index (χ1n) is 4.86. The van der Waals surface area contributed by atoms with Crippen LogP contribution in [0.1, 0.15) is 5.56 Å². The number of primary amides is 1. The number of rotatable bonds is 6. The lowest BCUT2D eigenvalue weighted by atomic mass is 10.1. The van der Waals surface area contributed by atoms with Crippen LogP contribution in [0.4, 0.5) is 5.69 Å². The maximum absolute atomic E-state index is 10.8. The minimum absolute atomic E-state index is 0.0141. The van der Waals surface area contributed by atoms with Crippen LogP contribution in [-0.2, 0) is 11.4 Å². The highest BCUT2D eigenvalue weighted by Crippen LogP contribution is 2.34. The molecule has 1 amide bonds. The molecule has 0 saturated carbocycles. The molecule has 0 aliphatic heterocycles. The number of carbonyl (C=O) groups is 1. The number of nitro benzene ring substituents is 1.